The van der Waals surface area contributed by atoms with Crippen LogP contribution in [-0.2, 0) is 16.6 Å². The average molecular weight is 318 g/mol. The fraction of sp³-hybridized carbons (Fsp3) is 0.667. The summed E-state index contributed by atoms with van der Waals surface area (Å²) in [5, 5.41) is 2.17. The molecule has 1 amide bonds. The van der Waals surface area contributed by atoms with E-state index in [-0.39, 0.29) is 11.7 Å². The molecule has 0 bridgehead atoms. The third-order valence-corrected chi connectivity index (χ3v) is 4.00. The Bertz CT molecular complexity index is 513. The Morgan fingerprint density at radius 1 is 1.55 bits per heavy atom. The predicted molar refractivity (Wildman–Crippen MR) is 75.1 cm³/mol. The molecule has 124 valence electrons. The molecule has 0 radical (unpaired) electrons. The minimum atomic E-state index is -4.52. The number of hydrogen-bond acceptors (Lipinski definition) is 2. The van der Waals surface area contributed by atoms with E-state index in [0.29, 0.717) is 19.4 Å². The molecular weight excluding hydrogens is 297 g/mol. The summed E-state index contributed by atoms with van der Waals surface area (Å²) in [6.45, 7) is 2.35. The Hall–Kier alpha value is -1.50. The quantitative estimate of drug-likeness (QED) is 0.927. The molecule has 1 fully saturated rings. The first-order valence-electron chi connectivity index (χ1n) is 7.41. The van der Waals surface area contributed by atoms with E-state index in [1.54, 1.807) is 7.05 Å². The molecule has 0 saturated carbocycles. The molecule has 3 atom stereocenters. The Morgan fingerprint density at radius 2 is 2.27 bits per heavy atom. The van der Waals surface area contributed by atoms with Crippen LogP contribution >= 0.6 is 0 Å². The summed E-state index contributed by atoms with van der Waals surface area (Å²) < 4.78 is 46.7. The molecule has 0 unspecified atom stereocenters. The van der Waals surface area contributed by atoms with E-state index in [4.69, 9.17) is 4.74 Å². The summed E-state index contributed by atoms with van der Waals surface area (Å²) in [7, 11) is 1.64. The zero-order chi connectivity index (χ0) is 16.3. The van der Waals surface area contributed by atoms with Crippen molar-refractivity contribution in [3.05, 3.63) is 24.0 Å². The Kier molecular flexibility index (Phi) is 5.16. The number of nitrogens with one attached hydrogen (secondary N) is 1. The summed E-state index contributed by atoms with van der Waals surface area (Å²) in [4.78, 5) is 12.2. The molecule has 1 saturated heterocycles. The van der Waals surface area contributed by atoms with Crippen molar-refractivity contribution in [3.8, 4) is 0 Å². The van der Waals surface area contributed by atoms with Gasteiger partial charge in [-0.3, -0.25) is 4.79 Å². The molecule has 1 aliphatic rings. The Morgan fingerprint density at radius 3 is 2.82 bits per heavy atom. The fourth-order valence-electron chi connectivity index (χ4n) is 2.71. The number of nitrogens with zero attached hydrogens (tertiary/aromatic N) is 1. The van der Waals surface area contributed by atoms with E-state index < -0.39 is 24.0 Å². The van der Waals surface area contributed by atoms with Gasteiger partial charge < -0.3 is 14.6 Å². The number of carbonyl (C=O) groups excluding carboxylic acids is 1. The Labute approximate surface area is 127 Å². The van der Waals surface area contributed by atoms with E-state index in [9.17, 15) is 18.0 Å². The first-order chi connectivity index (χ1) is 10.3. The molecule has 7 heteroatoms. The van der Waals surface area contributed by atoms with Gasteiger partial charge in [0.15, 0.2) is 6.04 Å². The van der Waals surface area contributed by atoms with Gasteiger partial charge in [0.2, 0.25) is 5.91 Å². The SMILES string of the molecule is CC[C@@H]1C[C@H](C(=O)N[C@@H](c2ccn(C)c2)C(F)(F)F)CCO1. The van der Waals surface area contributed by atoms with Crippen LogP contribution in [0.4, 0.5) is 13.2 Å². The molecule has 0 aromatic carbocycles. The molecule has 2 rings (SSSR count). The second-order valence-corrected chi connectivity index (χ2v) is 5.72. The first-order valence-corrected chi connectivity index (χ1v) is 7.41. The monoisotopic (exact) mass is 318 g/mol. The summed E-state index contributed by atoms with van der Waals surface area (Å²) in [5.41, 5.74) is 0.0439. The number of halogens is 3. The van der Waals surface area contributed by atoms with E-state index in [0.717, 1.165) is 6.42 Å². The van der Waals surface area contributed by atoms with Crippen LogP contribution in [0.5, 0.6) is 0 Å². The highest BCUT2D eigenvalue weighted by Crippen LogP contribution is 2.33. The van der Waals surface area contributed by atoms with E-state index in [2.05, 4.69) is 5.32 Å². The lowest BCUT2D eigenvalue weighted by Crippen LogP contribution is -2.43. The molecule has 4 nitrogen and oxygen atoms in total. The van der Waals surface area contributed by atoms with E-state index in [1.165, 1.54) is 23.0 Å². The number of hydrogen-bond donors (Lipinski definition) is 1. The number of aromatic nitrogens is 1. The molecule has 22 heavy (non-hydrogen) atoms. The summed E-state index contributed by atoms with van der Waals surface area (Å²) in [6.07, 6.45) is 0.0190. The van der Waals surface area contributed by atoms with Crippen molar-refractivity contribution in [2.45, 2.75) is 44.5 Å². The van der Waals surface area contributed by atoms with Gasteiger partial charge in [0, 0.05) is 37.5 Å². The van der Waals surface area contributed by atoms with Gasteiger partial charge in [0.25, 0.3) is 0 Å². The van der Waals surface area contributed by atoms with Crippen molar-refractivity contribution >= 4 is 5.91 Å². The van der Waals surface area contributed by atoms with Gasteiger partial charge in [-0.25, -0.2) is 0 Å². The number of amides is 1. The topological polar surface area (TPSA) is 43.3 Å². The second-order valence-electron chi connectivity index (χ2n) is 5.72. The number of aryl methyl sites for hydroxylation is 1. The highest BCUT2D eigenvalue weighted by Gasteiger charge is 2.43. The third kappa shape index (κ3) is 4.03. The lowest BCUT2D eigenvalue weighted by atomic mass is 9.93. The van der Waals surface area contributed by atoms with Gasteiger partial charge >= 0.3 is 6.18 Å². The van der Waals surface area contributed by atoms with Crippen LogP contribution in [0, 0.1) is 5.92 Å². The zero-order valence-electron chi connectivity index (χ0n) is 12.7. The molecule has 1 N–H and O–H groups in total. The van der Waals surface area contributed by atoms with Gasteiger partial charge in [-0.1, -0.05) is 6.92 Å². The van der Waals surface area contributed by atoms with Crippen LogP contribution in [0.3, 0.4) is 0 Å². The maximum absolute atomic E-state index is 13.2. The lowest BCUT2D eigenvalue weighted by Gasteiger charge is -2.30. The van der Waals surface area contributed by atoms with Crippen LogP contribution in [-0.4, -0.2) is 29.4 Å². The van der Waals surface area contributed by atoms with Crippen molar-refractivity contribution in [2.24, 2.45) is 13.0 Å². The minimum Gasteiger partial charge on any atom is -0.378 e. The average Bonchev–Trinajstić information content (AvgIpc) is 2.89. The number of ether oxygens (including phenoxy) is 1. The van der Waals surface area contributed by atoms with Crippen molar-refractivity contribution in [2.75, 3.05) is 6.61 Å². The van der Waals surface area contributed by atoms with Crippen LogP contribution in [0.25, 0.3) is 0 Å². The first kappa shape index (κ1) is 16.9. The highest BCUT2D eigenvalue weighted by molar-refractivity contribution is 5.79. The largest absolute Gasteiger partial charge is 0.412 e. The maximum atomic E-state index is 13.2. The van der Waals surface area contributed by atoms with Crippen molar-refractivity contribution < 1.29 is 22.7 Å². The molecular formula is C15H21F3N2O2. The van der Waals surface area contributed by atoms with Gasteiger partial charge in [-0.2, -0.15) is 13.2 Å². The van der Waals surface area contributed by atoms with E-state index >= 15 is 0 Å². The Balaban J connectivity index is 2.08. The van der Waals surface area contributed by atoms with Crippen molar-refractivity contribution in [3.63, 3.8) is 0 Å². The molecule has 0 aliphatic carbocycles. The van der Waals surface area contributed by atoms with Gasteiger partial charge in [0.1, 0.15) is 0 Å². The van der Waals surface area contributed by atoms with Crippen molar-refractivity contribution in [1.82, 2.24) is 9.88 Å². The van der Waals surface area contributed by atoms with E-state index in [1.807, 2.05) is 6.92 Å². The second kappa shape index (κ2) is 6.73. The number of alkyl halides is 3. The molecule has 1 aromatic rings. The standard InChI is InChI=1S/C15H21F3N2O2/c1-3-12-8-10(5-7-22-12)14(21)19-13(15(16,17)18)11-4-6-20(2)9-11/h4,6,9-10,12-13H,3,5,7-8H2,1-2H3,(H,19,21)/t10-,12-,13+/m1/s1. The van der Waals surface area contributed by atoms with Gasteiger partial charge in [-0.15, -0.1) is 0 Å². The smallest absolute Gasteiger partial charge is 0.378 e. The summed E-state index contributed by atoms with van der Waals surface area (Å²) in [5.74, 6) is -0.972. The molecule has 1 aliphatic heterocycles. The number of carbonyl (C=O) groups is 1. The van der Waals surface area contributed by atoms with Crippen LogP contribution in [0.1, 0.15) is 37.8 Å². The predicted octanol–water partition coefficient (Wildman–Crippen LogP) is 2.95. The summed E-state index contributed by atoms with van der Waals surface area (Å²) in [6, 6.07) is -0.596. The van der Waals surface area contributed by atoms with Gasteiger partial charge in [-0.05, 0) is 25.3 Å². The molecule has 1 aromatic heterocycles. The third-order valence-electron chi connectivity index (χ3n) is 4.00. The van der Waals surface area contributed by atoms with Gasteiger partial charge in [0.05, 0.1) is 6.10 Å². The van der Waals surface area contributed by atoms with Crippen LogP contribution in [0.2, 0.25) is 0 Å². The highest BCUT2D eigenvalue weighted by atomic mass is 19.4. The van der Waals surface area contributed by atoms with Crippen molar-refractivity contribution in [1.29, 1.82) is 0 Å². The normalized spacial score (nSPS) is 24.0. The minimum absolute atomic E-state index is 0.0439. The molecule has 2 heterocycles. The van der Waals surface area contributed by atoms with Crippen LogP contribution < -0.4 is 5.32 Å². The zero-order valence-corrected chi connectivity index (χ0v) is 12.7. The fourth-order valence-corrected chi connectivity index (χ4v) is 2.71. The molecule has 0 spiro atoms. The van der Waals surface area contributed by atoms with Crippen LogP contribution in [0.15, 0.2) is 18.5 Å². The number of rotatable bonds is 4. The lowest BCUT2D eigenvalue weighted by molar-refractivity contribution is -0.166. The summed E-state index contributed by atoms with van der Waals surface area (Å²) >= 11 is 0. The maximum Gasteiger partial charge on any atom is 0.412 e.